The number of fused-ring (bicyclic) bond motifs is 5. The summed E-state index contributed by atoms with van der Waals surface area (Å²) in [6, 6.07) is 55.8. The molecule has 7 aromatic carbocycles. The Labute approximate surface area is 279 Å². The molecule has 0 fully saturated rings. The summed E-state index contributed by atoms with van der Waals surface area (Å²) in [7, 11) is 0. The lowest BCUT2D eigenvalue weighted by molar-refractivity contribution is 0.623. The summed E-state index contributed by atoms with van der Waals surface area (Å²) >= 11 is 0. The van der Waals surface area contributed by atoms with Crippen LogP contribution in [0.25, 0.3) is 60.8 Å². The Morgan fingerprint density at radius 3 is 2.19 bits per heavy atom. The van der Waals surface area contributed by atoms with Crippen LogP contribution in [-0.2, 0) is 0 Å². The van der Waals surface area contributed by atoms with Gasteiger partial charge in [0.15, 0.2) is 5.58 Å². The highest BCUT2D eigenvalue weighted by molar-refractivity contribution is 6.18. The van der Waals surface area contributed by atoms with Crippen molar-refractivity contribution in [1.29, 1.82) is 0 Å². The highest BCUT2D eigenvalue weighted by atomic mass is 16.3. The minimum absolute atomic E-state index is 0.616. The number of rotatable bonds is 6. The molecule has 226 valence electrons. The zero-order valence-corrected chi connectivity index (χ0v) is 26.2. The van der Waals surface area contributed by atoms with E-state index in [2.05, 4.69) is 138 Å². The standard InChI is InChI=1S/C45H30N2O/c1-5-13-31(14-6-1)36-24-27-39(32-15-7-2-8-16-32)42(29-36)47(37-19-11-4-12-20-37)38-26-23-33-21-22-34-25-28-41-44(43(34)40(33)30-38)48-45(46-41)35-17-9-3-10-18-35/h1-7,9-15,17-22,24-25,27-30H,8,16H2. The van der Waals surface area contributed by atoms with Gasteiger partial charge in [-0.25, -0.2) is 4.98 Å². The molecule has 0 saturated carbocycles. The van der Waals surface area contributed by atoms with Crippen molar-refractivity contribution in [3.8, 4) is 22.6 Å². The van der Waals surface area contributed by atoms with Crippen molar-refractivity contribution >= 4 is 55.3 Å². The van der Waals surface area contributed by atoms with Crippen LogP contribution < -0.4 is 4.90 Å². The second kappa shape index (κ2) is 11.8. The first-order chi connectivity index (χ1) is 23.8. The Balaban J connectivity index is 1.30. The lowest BCUT2D eigenvalue weighted by atomic mass is 9.92. The first-order valence-corrected chi connectivity index (χ1v) is 16.4. The highest BCUT2D eigenvalue weighted by Crippen LogP contribution is 2.43. The number of nitrogens with zero attached hydrogens (tertiary/aromatic N) is 2. The van der Waals surface area contributed by atoms with E-state index in [1.54, 1.807) is 0 Å². The normalized spacial score (nSPS) is 12.7. The lowest BCUT2D eigenvalue weighted by Crippen LogP contribution is -2.12. The molecule has 1 aliphatic carbocycles. The quantitative estimate of drug-likeness (QED) is 0.187. The van der Waals surface area contributed by atoms with Crippen LogP contribution in [0.5, 0.6) is 0 Å². The van der Waals surface area contributed by atoms with Crippen molar-refractivity contribution in [1.82, 2.24) is 4.98 Å². The maximum Gasteiger partial charge on any atom is 0.227 e. The maximum absolute atomic E-state index is 6.55. The molecule has 9 rings (SSSR count). The number of benzene rings is 6. The van der Waals surface area contributed by atoms with Crippen LogP contribution in [0.1, 0.15) is 18.4 Å². The monoisotopic (exact) mass is 614 g/mol. The van der Waals surface area contributed by atoms with Gasteiger partial charge in [-0.3, -0.25) is 0 Å². The zero-order chi connectivity index (χ0) is 31.9. The number of anilines is 3. The fourth-order valence-corrected chi connectivity index (χ4v) is 6.82. The lowest BCUT2D eigenvalue weighted by Gasteiger charge is -2.28. The van der Waals surface area contributed by atoms with Crippen molar-refractivity contribution in [3.63, 3.8) is 0 Å². The Bertz CT molecular complexity index is 2490. The van der Waals surface area contributed by atoms with Crippen molar-refractivity contribution in [2.24, 2.45) is 0 Å². The zero-order valence-electron chi connectivity index (χ0n) is 26.2. The average Bonchev–Trinajstić information content (AvgIpc) is 3.61. The summed E-state index contributed by atoms with van der Waals surface area (Å²) in [5, 5.41) is 4.14. The second-order valence-electron chi connectivity index (χ2n) is 12.1. The SMILES string of the molecule is c1c(N(c2ccccc2)c2cc(-c3ccccc3)ccc2C2=CC=CCC2)cc2c(c#1)ccc1ccc3nc(-c4ccccc4)oc3c12. The van der Waals surface area contributed by atoms with Crippen LogP contribution >= 0.6 is 0 Å². The van der Waals surface area contributed by atoms with Gasteiger partial charge in [0.2, 0.25) is 5.89 Å². The minimum atomic E-state index is 0.616. The van der Waals surface area contributed by atoms with E-state index in [4.69, 9.17) is 9.40 Å². The Kier molecular flexibility index (Phi) is 6.84. The van der Waals surface area contributed by atoms with Gasteiger partial charge in [-0.15, -0.1) is 0 Å². The third-order valence-electron chi connectivity index (χ3n) is 9.17. The van der Waals surface area contributed by atoms with Crippen molar-refractivity contribution in [2.75, 3.05) is 4.90 Å². The van der Waals surface area contributed by atoms with Gasteiger partial charge >= 0.3 is 0 Å². The molecule has 0 aliphatic heterocycles. The molecule has 0 saturated heterocycles. The molecule has 0 spiro atoms. The van der Waals surface area contributed by atoms with E-state index in [1.165, 1.54) is 16.7 Å². The summed E-state index contributed by atoms with van der Waals surface area (Å²) in [6.07, 6.45) is 8.68. The summed E-state index contributed by atoms with van der Waals surface area (Å²) in [5.74, 6) is 0.616. The molecule has 3 nitrogen and oxygen atoms in total. The average molecular weight is 615 g/mol. The fourth-order valence-electron chi connectivity index (χ4n) is 6.82. The smallest absolute Gasteiger partial charge is 0.227 e. The molecule has 8 aromatic rings. The number of hydrogen-bond acceptors (Lipinski definition) is 3. The number of para-hydroxylation sites is 1. The Morgan fingerprint density at radius 1 is 0.667 bits per heavy atom. The molecule has 1 aromatic heterocycles. The van der Waals surface area contributed by atoms with Gasteiger partial charge in [-0.1, -0.05) is 115 Å². The Morgan fingerprint density at radius 2 is 1.42 bits per heavy atom. The van der Waals surface area contributed by atoms with Crippen LogP contribution in [-0.4, -0.2) is 4.98 Å². The van der Waals surface area contributed by atoms with Crippen LogP contribution in [0.4, 0.5) is 17.1 Å². The highest BCUT2D eigenvalue weighted by Gasteiger charge is 2.21. The molecule has 1 aliphatic rings. The van der Waals surface area contributed by atoms with Gasteiger partial charge in [0.05, 0.1) is 11.4 Å². The van der Waals surface area contributed by atoms with E-state index < -0.39 is 0 Å². The van der Waals surface area contributed by atoms with Gasteiger partial charge in [0.25, 0.3) is 0 Å². The minimum Gasteiger partial charge on any atom is -0.435 e. The van der Waals surface area contributed by atoms with Crippen molar-refractivity contribution in [2.45, 2.75) is 12.8 Å². The number of allylic oxidation sites excluding steroid dienone is 4. The second-order valence-corrected chi connectivity index (χ2v) is 12.1. The van der Waals surface area contributed by atoms with Crippen LogP contribution in [0.2, 0.25) is 0 Å². The number of oxazole rings is 1. The maximum atomic E-state index is 6.55. The van der Waals surface area contributed by atoms with Gasteiger partial charge in [0.1, 0.15) is 5.52 Å². The predicted octanol–water partition coefficient (Wildman–Crippen LogP) is 12.3. The Hall–Kier alpha value is -6.37. The van der Waals surface area contributed by atoms with Gasteiger partial charge in [0, 0.05) is 33.0 Å². The van der Waals surface area contributed by atoms with Gasteiger partial charge in [-0.2, -0.15) is 0 Å². The molecule has 0 unspecified atom stereocenters. The first-order valence-electron chi connectivity index (χ1n) is 16.4. The summed E-state index contributed by atoms with van der Waals surface area (Å²) in [6.45, 7) is 0. The summed E-state index contributed by atoms with van der Waals surface area (Å²) in [5.41, 5.74) is 10.5. The van der Waals surface area contributed by atoms with E-state index in [-0.39, 0.29) is 0 Å². The van der Waals surface area contributed by atoms with E-state index in [1.807, 2.05) is 36.4 Å². The molecular formula is C45H30N2O. The number of hydrogen-bond donors (Lipinski definition) is 0. The molecule has 0 atom stereocenters. The van der Waals surface area contributed by atoms with Crippen LogP contribution in [0.15, 0.2) is 162 Å². The summed E-state index contributed by atoms with van der Waals surface area (Å²) in [4.78, 5) is 7.21. The van der Waals surface area contributed by atoms with Crippen molar-refractivity contribution < 1.29 is 4.42 Å². The molecule has 48 heavy (non-hydrogen) atoms. The molecular weight excluding hydrogens is 585 g/mol. The number of aromatic nitrogens is 1. The first kappa shape index (κ1) is 27.9. The molecule has 1 heterocycles. The van der Waals surface area contributed by atoms with E-state index in [0.717, 1.165) is 73.7 Å². The predicted molar refractivity (Wildman–Crippen MR) is 199 cm³/mol. The topological polar surface area (TPSA) is 29.3 Å². The van der Waals surface area contributed by atoms with Crippen molar-refractivity contribution in [3.05, 3.63) is 175 Å². The molecule has 3 heteroatoms. The molecule has 0 amide bonds. The third kappa shape index (κ3) is 4.92. The van der Waals surface area contributed by atoms with E-state index >= 15 is 0 Å². The third-order valence-corrected chi connectivity index (χ3v) is 9.17. The van der Waals surface area contributed by atoms with Crippen LogP contribution in [0.3, 0.4) is 0 Å². The van der Waals surface area contributed by atoms with Crippen LogP contribution in [0, 0.1) is 12.1 Å². The van der Waals surface area contributed by atoms with Gasteiger partial charge in [-0.05, 0) is 89.5 Å². The largest absolute Gasteiger partial charge is 0.435 e. The van der Waals surface area contributed by atoms with E-state index in [0.29, 0.717) is 5.89 Å². The molecule has 0 radical (unpaired) electrons. The molecule has 0 N–H and O–H groups in total. The van der Waals surface area contributed by atoms with E-state index in [9.17, 15) is 0 Å². The fraction of sp³-hybridized carbons (Fsp3) is 0.0444. The molecule has 0 bridgehead atoms. The van der Waals surface area contributed by atoms with Gasteiger partial charge < -0.3 is 9.32 Å². The summed E-state index contributed by atoms with van der Waals surface area (Å²) < 4.78 is 6.55.